The van der Waals surface area contributed by atoms with Crippen LogP contribution in [0.15, 0.2) is 18.2 Å². The lowest BCUT2D eigenvalue weighted by molar-refractivity contribution is 0.0670. The van der Waals surface area contributed by atoms with Gasteiger partial charge in [-0.05, 0) is 37.9 Å². The van der Waals surface area contributed by atoms with Crippen molar-refractivity contribution in [3.63, 3.8) is 0 Å². The van der Waals surface area contributed by atoms with Crippen molar-refractivity contribution in [3.05, 3.63) is 23.8 Å². The zero-order valence-corrected chi connectivity index (χ0v) is 12.3. The molecule has 2 atom stereocenters. The van der Waals surface area contributed by atoms with Crippen LogP contribution in [0, 0.1) is 0 Å². The van der Waals surface area contributed by atoms with Crippen molar-refractivity contribution < 1.29 is 15.0 Å². The number of likely N-dealkylation sites (tertiary alicyclic amines) is 1. The summed E-state index contributed by atoms with van der Waals surface area (Å²) in [6.45, 7) is 5.12. The van der Waals surface area contributed by atoms with Crippen LogP contribution >= 0.6 is 0 Å². The fourth-order valence-corrected chi connectivity index (χ4v) is 3.63. The highest BCUT2D eigenvalue weighted by atomic mass is 16.3. The molecule has 0 aromatic heterocycles. The van der Waals surface area contributed by atoms with E-state index in [1.54, 1.807) is 0 Å². The van der Waals surface area contributed by atoms with Gasteiger partial charge in [-0.15, -0.1) is 0 Å². The molecule has 1 aromatic rings. The van der Waals surface area contributed by atoms with Gasteiger partial charge in [-0.2, -0.15) is 0 Å². The van der Waals surface area contributed by atoms with Crippen LogP contribution in [0.2, 0.25) is 0 Å². The zero-order valence-electron chi connectivity index (χ0n) is 12.3. The number of likely N-dealkylation sites (N-methyl/N-ethyl adjacent to an activating group) is 1. The molecule has 2 aliphatic rings. The van der Waals surface area contributed by atoms with Gasteiger partial charge in [0.1, 0.15) is 11.5 Å². The van der Waals surface area contributed by atoms with E-state index >= 15 is 0 Å². The summed E-state index contributed by atoms with van der Waals surface area (Å²) in [5.41, 5.74) is 0.370. The van der Waals surface area contributed by atoms with Crippen molar-refractivity contribution in [2.45, 2.75) is 38.3 Å². The van der Waals surface area contributed by atoms with E-state index in [0.29, 0.717) is 5.56 Å². The van der Waals surface area contributed by atoms with Crippen LogP contribution in [-0.2, 0) is 0 Å². The first-order chi connectivity index (χ1) is 10.1. The number of carbonyl (C=O) groups excluding carboxylic acids is 1. The summed E-state index contributed by atoms with van der Waals surface area (Å²) in [7, 11) is 0. The molecule has 2 fully saturated rings. The number of phenolic OH excluding ortho intramolecular Hbond substituents is 2. The number of rotatable bonds is 2. The number of hydrogen-bond acceptors (Lipinski definition) is 4. The molecule has 1 aromatic carbocycles. The second-order valence-corrected chi connectivity index (χ2v) is 6.02. The highest BCUT2D eigenvalue weighted by molar-refractivity contribution is 5.95. The van der Waals surface area contributed by atoms with Gasteiger partial charge in [0.05, 0.1) is 0 Å². The highest BCUT2D eigenvalue weighted by Crippen LogP contribution is 2.32. The van der Waals surface area contributed by atoms with E-state index in [4.69, 9.17) is 0 Å². The maximum atomic E-state index is 12.8. The van der Waals surface area contributed by atoms with E-state index in [1.807, 2.05) is 4.90 Å². The molecule has 2 aliphatic heterocycles. The number of nitrogens with zero attached hydrogens (tertiary/aromatic N) is 2. The minimum absolute atomic E-state index is 0.0734. The molecular weight excluding hydrogens is 268 g/mol. The Bertz CT molecular complexity index is 526. The Kier molecular flexibility index (Phi) is 3.76. The minimum atomic E-state index is -0.0772. The average molecular weight is 290 g/mol. The number of benzene rings is 1. The fourth-order valence-electron chi connectivity index (χ4n) is 3.63. The third-order valence-electron chi connectivity index (χ3n) is 4.70. The van der Waals surface area contributed by atoms with Crippen LogP contribution in [0.4, 0.5) is 0 Å². The van der Waals surface area contributed by atoms with Crippen molar-refractivity contribution in [2.24, 2.45) is 0 Å². The molecule has 114 valence electrons. The van der Waals surface area contributed by atoms with Crippen molar-refractivity contribution in [1.29, 1.82) is 0 Å². The summed E-state index contributed by atoms with van der Waals surface area (Å²) in [6, 6.07) is 4.64. The molecular formula is C16H22N2O3. The summed E-state index contributed by atoms with van der Waals surface area (Å²) in [5, 5.41) is 19.2. The number of carbonyl (C=O) groups is 1. The monoisotopic (exact) mass is 290 g/mol. The third kappa shape index (κ3) is 2.70. The van der Waals surface area contributed by atoms with Crippen molar-refractivity contribution in [1.82, 2.24) is 9.80 Å². The maximum Gasteiger partial charge on any atom is 0.254 e. The van der Waals surface area contributed by atoms with Crippen molar-refractivity contribution in [3.8, 4) is 11.5 Å². The second kappa shape index (κ2) is 5.56. The normalized spacial score (nSPS) is 25.9. The van der Waals surface area contributed by atoms with E-state index in [2.05, 4.69) is 11.8 Å². The SMILES string of the molecule is CCN1CC[C@H]2CC[C@@H](C1)N2C(=O)c1cc(O)cc(O)c1. The van der Waals surface area contributed by atoms with Gasteiger partial charge in [-0.3, -0.25) is 4.79 Å². The maximum absolute atomic E-state index is 12.8. The smallest absolute Gasteiger partial charge is 0.254 e. The molecule has 0 radical (unpaired) electrons. The van der Waals surface area contributed by atoms with E-state index in [-0.39, 0.29) is 29.5 Å². The van der Waals surface area contributed by atoms with Gasteiger partial charge in [-0.25, -0.2) is 0 Å². The molecule has 0 saturated carbocycles. The predicted molar refractivity (Wildman–Crippen MR) is 79.5 cm³/mol. The van der Waals surface area contributed by atoms with Gasteiger partial charge in [0, 0.05) is 36.8 Å². The average Bonchev–Trinajstić information content (AvgIpc) is 2.72. The zero-order chi connectivity index (χ0) is 15.0. The standard InChI is InChI=1S/C16H22N2O3/c1-2-17-6-5-12-3-4-13(10-17)18(12)16(21)11-7-14(19)9-15(20)8-11/h7-9,12-13,19-20H,2-6,10H2,1H3/t12-,13+/m1/s1. The number of phenols is 2. The van der Waals surface area contributed by atoms with Gasteiger partial charge in [-0.1, -0.05) is 6.92 Å². The summed E-state index contributed by atoms with van der Waals surface area (Å²) in [6.07, 6.45) is 3.09. The fraction of sp³-hybridized carbons (Fsp3) is 0.562. The molecule has 0 spiro atoms. The quantitative estimate of drug-likeness (QED) is 0.871. The number of hydrogen-bond donors (Lipinski definition) is 2. The minimum Gasteiger partial charge on any atom is -0.508 e. The first-order valence-corrected chi connectivity index (χ1v) is 7.66. The van der Waals surface area contributed by atoms with Gasteiger partial charge >= 0.3 is 0 Å². The van der Waals surface area contributed by atoms with E-state index < -0.39 is 0 Å². The molecule has 2 saturated heterocycles. The molecule has 2 N–H and O–H groups in total. The molecule has 5 nitrogen and oxygen atoms in total. The highest BCUT2D eigenvalue weighted by Gasteiger charge is 2.40. The van der Waals surface area contributed by atoms with Gasteiger partial charge < -0.3 is 20.0 Å². The Morgan fingerprint density at radius 1 is 1.14 bits per heavy atom. The van der Waals surface area contributed by atoms with Gasteiger partial charge in [0.2, 0.25) is 0 Å². The van der Waals surface area contributed by atoms with E-state index in [9.17, 15) is 15.0 Å². The first kappa shape index (κ1) is 14.2. The summed E-state index contributed by atoms with van der Waals surface area (Å²) in [5.74, 6) is -0.224. The van der Waals surface area contributed by atoms with Crippen molar-refractivity contribution in [2.75, 3.05) is 19.6 Å². The van der Waals surface area contributed by atoms with Crippen LogP contribution in [0.3, 0.4) is 0 Å². The molecule has 5 heteroatoms. The largest absolute Gasteiger partial charge is 0.508 e. The molecule has 0 unspecified atom stereocenters. The Morgan fingerprint density at radius 2 is 1.81 bits per heavy atom. The summed E-state index contributed by atoms with van der Waals surface area (Å²) in [4.78, 5) is 17.2. The number of aromatic hydroxyl groups is 2. The third-order valence-corrected chi connectivity index (χ3v) is 4.70. The Morgan fingerprint density at radius 3 is 2.48 bits per heavy atom. The van der Waals surface area contributed by atoms with Gasteiger partial charge in [0.25, 0.3) is 5.91 Å². The molecule has 21 heavy (non-hydrogen) atoms. The van der Waals surface area contributed by atoms with Gasteiger partial charge in [0.15, 0.2) is 0 Å². The number of fused-ring (bicyclic) bond motifs is 2. The lowest BCUT2D eigenvalue weighted by atomic mass is 10.1. The lowest BCUT2D eigenvalue weighted by Crippen LogP contribution is -2.43. The second-order valence-electron chi connectivity index (χ2n) is 6.02. The van der Waals surface area contributed by atoms with Crippen LogP contribution in [0.25, 0.3) is 0 Å². The topological polar surface area (TPSA) is 64.0 Å². The van der Waals surface area contributed by atoms with Crippen LogP contribution < -0.4 is 0 Å². The first-order valence-electron chi connectivity index (χ1n) is 7.66. The van der Waals surface area contributed by atoms with Crippen LogP contribution in [-0.4, -0.2) is 57.6 Å². The summed E-state index contributed by atoms with van der Waals surface area (Å²) >= 11 is 0. The van der Waals surface area contributed by atoms with Crippen LogP contribution in [0.1, 0.15) is 36.5 Å². The van der Waals surface area contributed by atoms with Crippen molar-refractivity contribution >= 4 is 5.91 Å². The molecule has 2 bridgehead atoms. The molecule has 3 rings (SSSR count). The number of amides is 1. The molecule has 1 amide bonds. The Labute approximate surface area is 124 Å². The Hall–Kier alpha value is -1.75. The predicted octanol–water partition coefficient (Wildman–Crippen LogP) is 1.80. The summed E-state index contributed by atoms with van der Waals surface area (Å²) < 4.78 is 0. The Balaban J connectivity index is 1.86. The molecule has 2 heterocycles. The van der Waals surface area contributed by atoms with Crippen LogP contribution in [0.5, 0.6) is 11.5 Å². The van der Waals surface area contributed by atoms with E-state index in [0.717, 1.165) is 38.9 Å². The molecule has 0 aliphatic carbocycles. The lowest BCUT2D eigenvalue weighted by Gasteiger charge is -2.29. The van der Waals surface area contributed by atoms with E-state index in [1.165, 1.54) is 18.2 Å².